The number of amides is 1. The number of nitrogens with one attached hydrogen (secondary N) is 1. The topological polar surface area (TPSA) is 69.6 Å². The van der Waals surface area contributed by atoms with Crippen LogP contribution >= 0.6 is 0 Å². The van der Waals surface area contributed by atoms with Gasteiger partial charge in [0.25, 0.3) is 5.91 Å². The zero-order valence-electron chi connectivity index (χ0n) is 13.1. The van der Waals surface area contributed by atoms with Crippen LogP contribution in [0.2, 0.25) is 0 Å². The normalized spacial score (nSPS) is 11.5. The second kappa shape index (κ2) is 7.22. The second-order valence-electron chi connectivity index (χ2n) is 5.48. The van der Waals surface area contributed by atoms with Crippen LogP contribution in [0, 0.1) is 0 Å². The van der Waals surface area contributed by atoms with E-state index in [-0.39, 0.29) is 5.91 Å². The first kappa shape index (κ1) is 17.2. The van der Waals surface area contributed by atoms with Gasteiger partial charge >= 0.3 is 5.97 Å². The minimum absolute atomic E-state index is 0.350. The van der Waals surface area contributed by atoms with Gasteiger partial charge in [-0.3, -0.25) is 4.79 Å². The molecule has 0 bridgehead atoms. The first-order valence-electron chi connectivity index (χ1n) is 7.14. The van der Waals surface area contributed by atoms with Gasteiger partial charge in [0, 0.05) is 12.1 Å². The first-order chi connectivity index (χ1) is 9.84. The van der Waals surface area contributed by atoms with Crippen LogP contribution in [0.1, 0.15) is 42.6 Å². The molecule has 0 atom stereocenters. The fraction of sp³-hybridized carbons (Fsp3) is 0.500. The van der Waals surface area contributed by atoms with Gasteiger partial charge in [0.2, 0.25) is 0 Å². The summed E-state index contributed by atoms with van der Waals surface area (Å²) in [6, 6.07) is 7.22. The number of carboxylic acid groups (broad SMARTS) is 1. The minimum Gasteiger partial charge on any atom is -0.480 e. The SMILES string of the molecule is CCC(CC)(NC(=O)c1ccc(CN(C)C)cc1)C(=O)O. The van der Waals surface area contributed by atoms with Crippen molar-refractivity contribution in [3.05, 3.63) is 35.4 Å². The van der Waals surface area contributed by atoms with Crippen molar-refractivity contribution in [1.82, 2.24) is 10.2 Å². The third kappa shape index (κ3) is 4.29. The highest BCUT2D eigenvalue weighted by molar-refractivity contribution is 5.97. The molecule has 0 fully saturated rings. The Balaban J connectivity index is 2.86. The molecule has 0 aliphatic heterocycles. The Morgan fingerprint density at radius 1 is 1.14 bits per heavy atom. The van der Waals surface area contributed by atoms with Gasteiger partial charge < -0.3 is 15.3 Å². The van der Waals surface area contributed by atoms with E-state index in [0.29, 0.717) is 18.4 Å². The molecule has 21 heavy (non-hydrogen) atoms. The fourth-order valence-electron chi connectivity index (χ4n) is 2.20. The molecule has 1 amide bonds. The summed E-state index contributed by atoms with van der Waals surface area (Å²) >= 11 is 0. The molecule has 0 radical (unpaired) electrons. The average molecular weight is 292 g/mol. The van der Waals surface area contributed by atoms with E-state index in [1.54, 1.807) is 26.0 Å². The molecule has 2 N–H and O–H groups in total. The predicted octanol–water partition coefficient (Wildman–Crippen LogP) is 2.12. The molecule has 0 saturated carbocycles. The molecule has 1 rings (SSSR count). The van der Waals surface area contributed by atoms with Gasteiger partial charge in [0.15, 0.2) is 0 Å². The van der Waals surface area contributed by atoms with Crippen LogP contribution in [-0.2, 0) is 11.3 Å². The molecular weight excluding hydrogens is 268 g/mol. The number of carboxylic acids is 1. The molecule has 0 saturated heterocycles. The van der Waals surface area contributed by atoms with Crippen LogP contribution < -0.4 is 5.32 Å². The molecule has 0 aliphatic rings. The quantitative estimate of drug-likeness (QED) is 0.807. The smallest absolute Gasteiger partial charge is 0.329 e. The maximum atomic E-state index is 12.2. The van der Waals surface area contributed by atoms with Crippen molar-refractivity contribution in [2.45, 2.75) is 38.8 Å². The van der Waals surface area contributed by atoms with Crippen molar-refractivity contribution in [3.8, 4) is 0 Å². The highest BCUT2D eigenvalue weighted by Crippen LogP contribution is 2.17. The van der Waals surface area contributed by atoms with Crippen molar-refractivity contribution < 1.29 is 14.7 Å². The summed E-state index contributed by atoms with van der Waals surface area (Å²) in [5.74, 6) is -1.34. The lowest BCUT2D eigenvalue weighted by Crippen LogP contribution is -2.53. The monoisotopic (exact) mass is 292 g/mol. The molecule has 0 aliphatic carbocycles. The van der Waals surface area contributed by atoms with Crippen molar-refractivity contribution in [1.29, 1.82) is 0 Å². The Labute approximate surface area is 126 Å². The second-order valence-corrected chi connectivity index (χ2v) is 5.48. The van der Waals surface area contributed by atoms with Crippen LogP contribution in [0.5, 0.6) is 0 Å². The van der Waals surface area contributed by atoms with Gasteiger partial charge in [-0.05, 0) is 44.6 Å². The van der Waals surface area contributed by atoms with Crippen molar-refractivity contribution in [2.75, 3.05) is 14.1 Å². The maximum Gasteiger partial charge on any atom is 0.329 e. The number of hydrogen-bond acceptors (Lipinski definition) is 3. The van der Waals surface area contributed by atoms with E-state index in [9.17, 15) is 14.7 Å². The standard InChI is InChI=1S/C16H24N2O3/c1-5-16(6-2,15(20)21)17-14(19)13-9-7-12(8-10-13)11-18(3)4/h7-10H,5-6,11H2,1-4H3,(H,17,19)(H,20,21). The van der Waals surface area contributed by atoms with Gasteiger partial charge in [-0.1, -0.05) is 26.0 Å². The van der Waals surface area contributed by atoms with Crippen molar-refractivity contribution in [2.24, 2.45) is 0 Å². The highest BCUT2D eigenvalue weighted by atomic mass is 16.4. The van der Waals surface area contributed by atoms with Gasteiger partial charge in [-0.15, -0.1) is 0 Å². The molecule has 1 aromatic carbocycles. The van der Waals surface area contributed by atoms with Crippen molar-refractivity contribution >= 4 is 11.9 Å². The first-order valence-corrected chi connectivity index (χ1v) is 7.14. The van der Waals surface area contributed by atoms with Gasteiger partial charge in [-0.2, -0.15) is 0 Å². The third-order valence-corrected chi connectivity index (χ3v) is 3.68. The summed E-state index contributed by atoms with van der Waals surface area (Å²) in [7, 11) is 3.95. The molecule has 5 heteroatoms. The number of rotatable bonds is 7. The van der Waals surface area contributed by atoms with Crippen molar-refractivity contribution in [3.63, 3.8) is 0 Å². The van der Waals surface area contributed by atoms with Crippen LogP contribution in [0.15, 0.2) is 24.3 Å². The lowest BCUT2D eigenvalue weighted by Gasteiger charge is -2.28. The number of nitrogens with zero attached hydrogens (tertiary/aromatic N) is 1. The third-order valence-electron chi connectivity index (χ3n) is 3.68. The van der Waals surface area contributed by atoms with E-state index < -0.39 is 11.5 Å². The molecule has 0 spiro atoms. The number of aliphatic carboxylic acids is 1. The average Bonchev–Trinajstić information content (AvgIpc) is 2.44. The lowest BCUT2D eigenvalue weighted by molar-refractivity contribution is -0.144. The molecule has 5 nitrogen and oxygen atoms in total. The Kier molecular flexibility index (Phi) is 5.90. The molecule has 116 valence electrons. The maximum absolute atomic E-state index is 12.2. The summed E-state index contributed by atoms with van der Waals surface area (Å²) in [5, 5.41) is 12.0. The Bertz CT molecular complexity index is 491. The molecule has 0 aromatic heterocycles. The zero-order chi connectivity index (χ0) is 16.0. The van der Waals surface area contributed by atoms with Gasteiger partial charge in [0.1, 0.15) is 5.54 Å². The van der Waals surface area contributed by atoms with E-state index in [2.05, 4.69) is 5.32 Å². The van der Waals surface area contributed by atoms with E-state index in [4.69, 9.17) is 0 Å². The minimum atomic E-state index is -1.20. The number of benzene rings is 1. The molecular formula is C16H24N2O3. The summed E-state index contributed by atoms with van der Waals surface area (Å²) < 4.78 is 0. The predicted molar refractivity (Wildman–Crippen MR) is 82.2 cm³/mol. The van der Waals surface area contributed by atoms with E-state index >= 15 is 0 Å². The van der Waals surface area contributed by atoms with Crippen LogP contribution in [-0.4, -0.2) is 41.5 Å². The van der Waals surface area contributed by atoms with E-state index in [1.807, 2.05) is 31.1 Å². The highest BCUT2D eigenvalue weighted by Gasteiger charge is 2.36. The summed E-state index contributed by atoms with van der Waals surface area (Å²) in [6.07, 6.45) is 0.701. The largest absolute Gasteiger partial charge is 0.480 e. The Morgan fingerprint density at radius 2 is 1.67 bits per heavy atom. The molecule has 0 unspecified atom stereocenters. The van der Waals surface area contributed by atoms with E-state index in [1.165, 1.54) is 0 Å². The zero-order valence-corrected chi connectivity index (χ0v) is 13.1. The Morgan fingerprint density at radius 3 is 2.05 bits per heavy atom. The Hall–Kier alpha value is -1.88. The van der Waals surface area contributed by atoms with Gasteiger partial charge in [-0.25, -0.2) is 4.79 Å². The number of carbonyl (C=O) groups excluding carboxylic acids is 1. The van der Waals surface area contributed by atoms with Crippen LogP contribution in [0.25, 0.3) is 0 Å². The summed E-state index contributed by atoms with van der Waals surface area (Å²) in [5.41, 5.74) is 0.386. The number of hydrogen-bond donors (Lipinski definition) is 2. The summed E-state index contributed by atoms with van der Waals surface area (Å²) in [6.45, 7) is 4.32. The van der Waals surface area contributed by atoms with E-state index in [0.717, 1.165) is 12.1 Å². The van der Waals surface area contributed by atoms with Crippen LogP contribution in [0.4, 0.5) is 0 Å². The van der Waals surface area contributed by atoms with Crippen LogP contribution in [0.3, 0.4) is 0 Å². The number of carbonyl (C=O) groups is 2. The fourth-order valence-corrected chi connectivity index (χ4v) is 2.20. The molecule has 0 heterocycles. The lowest BCUT2D eigenvalue weighted by atomic mass is 9.92. The molecule has 1 aromatic rings. The van der Waals surface area contributed by atoms with Gasteiger partial charge in [0.05, 0.1) is 0 Å². The summed E-state index contributed by atoms with van der Waals surface area (Å²) in [4.78, 5) is 25.7.